The number of amides is 6. The Morgan fingerprint density at radius 2 is 1.56 bits per heavy atom. The zero-order chi connectivity index (χ0) is 48.8. The molecule has 1 aromatic carbocycles. The fraction of sp³-hybridized carbons (Fsp3) is 0.723. The Morgan fingerprint density at radius 1 is 0.879 bits per heavy atom. The second-order valence-electron chi connectivity index (χ2n) is 18.7. The molecule has 2 aliphatic heterocycles. The molecule has 18 nitrogen and oxygen atoms in total. The van der Waals surface area contributed by atoms with Crippen LogP contribution in [-0.2, 0) is 49.5 Å². The van der Waals surface area contributed by atoms with Gasteiger partial charge in [0.15, 0.2) is 6.61 Å². The monoisotopic (exact) mass is 946 g/mol. The van der Waals surface area contributed by atoms with E-state index in [1.807, 2.05) is 46.7 Å². The molecule has 1 aromatic rings. The fourth-order valence-electron chi connectivity index (χ4n) is 9.14. The lowest BCUT2D eigenvalue weighted by molar-refractivity contribution is -0.146. The van der Waals surface area contributed by atoms with Crippen LogP contribution in [0, 0.1) is 23.7 Å². The number of carboxylic acids is 1. The van der Waals surface area contributed by atoms with Crippen molar-refractivity contribution in [1.82, 2.24) is 35.0 Å². The van der Waals surface area contributed by atoms with Gasteiger partial charge < -0.3 is 44.7 Å². The normalized spacial score (nSPS) is 20.5. The Labute approximate surface area is 395 Å². The summed E-state index contributed by atoms with van der Waals surface area (Å²) >= 11 is 1.35. The summed E-state index contributed by atoms with van der Waals surface area (Å²) in [6.45, 7) is 10.2. The summed E-state index contributed by atoms with van der Waals surface area (Å²) in [5, 5.41) is 15.4. The molecule has 3 aliphatic rings. The van der Waals surface area contributed by atoms with E-state index in [2.05, 4.69) is 15.4 Å². The number of aliphatic carboxylic acids is 1. The van der Waals surface area contributed by atoms with Crippen LogP contribution in [0.4, 0.5) is 0 Å². The molecular weight excluding hydrogens is 871 g/mol. The summed E-state index contributed by atoms with van der Waals surface area (Å²) in [5.74, 6) is -3.62. The highest BCUT2D eigenvalue weighted by atomic mass is 32.2. The second kappa shape index (κ2) is 25.6. The number of rotatable bonds is 26. The van der Waals surface area contributed by atoms with Crippen molar-refractivity contribution in [3.8, 4) is 5.75 Å². The maximum atomic E-state index is 14.3. The van der Waals surface area contributed by atoms with Crippen molar-refractivity contribution in [3.63, 3.8) is 0 Å². The summed E-state index contributed by atoms with van der Waals surface area (Å²) in [7, 11) is 8.37. The molecule has 19 heteroatoms. The number of benzene rings is 1. The van der Waals surface area contributed by atoms with Gasteiger partial charge in [-0.3, -0.25) is 43.2 Å². The molecule has 370 valence electrons. The van der Waals surface area contributed by atoms with Crippen molar-refractivity contribution in [2.75, 3.05) is 68.1 Å². The van der Waals surface area contributed by atoms with Gasteiger partial charge in [-0.25, -0.2) is 0 Å². The van der Waals surface area contributed by atoms with Crippen LogP contribution < -0.4 is 20.1 Å². The number of methoxy groups -OCH3 is 2. The Balaban J connectivity index is 1.40. The predicted molar refractivity (Wildman–Crippen MR) is 250 cm³/mol. The number of ether oxygens (including phenoxy) is 3. The molecule has 0 aromatic heterocycles. The van der Waals surface area contributed by atoms with Crippen LogP contribution in [0.25, 0.3) is 0 Å². The van der Waals surface area contributed by atoms with Crippen LogP contribution in [-0.4, -0.2) is 176 Å². The van der Waals surface area contributed by atoms with E-state index in [4.69, 9.17) is 14.2 Å². The maximum absolute atomic E-state index is 14.3. The zero-order valence-electron chi connectivity index (χ0n) is 40.6. The molecular formula is C47H75N7O11S. The average molecular weight is 946 g/mol. The van der Waals surface area contributed by atoms with Gasteiger partial charge in [0.25, 0.3) is 11.8 Å². The van der Waals surface area contributed by atoms with Gasteiger partial charge in [0, 0.05) is 52.6 Å². The molecule has 2 saturated heterocycles. The van der Waals surface area contributed by atoms with E-state index in [-0.39, 0.29) is 73.9 Å². The van der Waals surface area contributed by atoms with E-state index < -0.39 is 60.1 Å². The topological polar surface area (TPSA) is 216 Å². The molecule has 3 fully saturated rings. The van der Waals surface area contributed by atoms with Crippen molar-refractivity contribution in [1.29, 1.82) is 0 Å². The van der Waals surface area contributed by atoms with E-state index in [1.165, 1.54) is 31.1 Å². The van der Waals surface area contributed by atoms with Crippen molar-refractivity contribution in [2.45, 2.75) is 128 Å². The van der Waals surface area contributed by atoms with Gasteiger partial charge in [-0.2, -0.15) is 0 Å². The van der Waals surface area contributed by atoms with Crippen molar-refractivity contribution in [2.24, 2.45) is 23.7 Å². The average Bonchev–Trinajstić information content (AvgIpc) is 3.74. The Hall–Kier alpha value is -4.46. The van der Waals surface area contributed by atoms with Crippen LogP contribution in [0.15, 0.2) is 24.3 Å². The first-order chi connectivity index (χ1) is 31.3. The Bertz CT molecular complexity index is 1810. The third kappa shape index (κ3) is 15.0. The molecule has 9 atom stereocenters. The van der Waals surface area contributed by atoms with Crippen LogP contribution in [0.3, 0.4) is 0 Å². The van der Waals surface area contributed by atoms with Crippen LogP contribution in [0.1, 0.15) is 85.1 Å². The number of nitrogens with one attached hydrogen (secondary N) is 3. The molecule has 1 saturated carbocycles. The summed E-state index contributed by atoms with van der Waals surface area (Å²) in [4.78, 5) is 99.2. The van der Waals surface area contributed by atoms with E-state index in [1.54, 1.807) is 48.0 Å². The quantitative estimate of drug-likeness (QED) is 0.0985. The highest BCUT2D eigenvalue weighted by molar-refractivity contribution is 7.98. The molecule has 0 spiro atoms. The van der Waals surface area contributed by atoms with Gasteiger partial charge in [0.2, 0.25) is 23.6 Å². The smallest absolute Gasteiger partial charge is 0.308 e. The number of likely N-dealkylation sites (tertiary alicyclic amines) is 2. The summed E-state index contributed by atoms with van der Waals surface area (Å²) in [5.41, 5.74) is 0.738. The number of hydrogen-bond acceptors (Lipinski definition) is 12. The minimum absolute atomic E-state index is 0.0221. The first-order valence-corrected chi connectivity index (χ1v) is 24.2. The standard InChI is InChI=1S/C47H75N7O11S/c1-11-29(4)42(52(8)39(56)25-48-46(60)41(28(2)3)51(6)7)37(63-9)24-38(55)54-21-12-13-36(54)43(64-10)30(5)44(58)49-35(45(59)50-66-34-18-19-34)23-31-14-16-33(17-15-31)65-27-40(57)53-22-20-32(26-53)47(61)62/h14-17,28-30,32,34-37,41-43H,11-13,18-27H2,1-10H3,(H,48,60)(H,49,58)(H,50,59)(H,61,62)/t29?,30?,32?,35-,36?,37?,41?,42?,43?/m0/s1. The zero-order valence-corrected chi connectivity index (χ0v) is 41.4. The highest BCUT2D eigenvalue weighted by Gasteiger charge is 2.43. The summed E-state index contributed by atoms with van der Waals surface area (Å²) in [6.07, 6.45) is 3.19. The molecule has 0 bridgehead atoms. The summed E-state index contributed by atoms with van der Waals surface area (Å²) in [6, 6.07) is 4.64. The summed E-state index contributed by atoms with van der Waals surface area (Å²) < 4.78 is 20.6. The number of carbonyl (C=O) groups excluding carboxylic acids is 6. The van der Waals surface area contributed by atoms with E-state index >= 15 is 0 Å². The van der Waals surface area contributed by atoms with Crippen LogP contribution in [0.5, 0.6) is 5.75 Å². The van der Waals surface area contributed by atoms with Crippen molar-refractivity contribution in [3.05, 3.63) is 29.8 Å². The van der Waals surface area contributed by atoms with E-state index in [0.29, 0.717) is 49.8 Å². The number of hydrogen-bond donors (Lipinski definition) is 4. The SMILES string of the molecule is CCC(C)C(C(CC(=O)N1CCCC1C(OC)C(C)C(=O)N[C@@H](Cc1ccc(OCC(=O)N2CCC(C(=O)O)C2)cc1)C(=O)NSC1CC1)OC)N(C)C(=O)CNC(=O)C(C(C)C)N(C)C. The molecule has 1 aliphatic carbocycles. The van der Waals surface area contributed by atoms with E-state index in [0.717, 1.165) is 18.4 Å². The fourth-order valence-corrected chi connectivity index (χ4v) is 9.94. The van der Waals surface area contributed by atoms with Gasteiger partial charge in [-0.05, 0) is 87.7 Å². The van der Waals surface area contributed by atoms with Gasteiger partial charge in [0.05, 0.1) is 55.1 Å². The maximum Gasteiger partial charge on any atom is 0.308 e. The predicted octanol–water partition coefficient (Wildman–Crippen LogP) is 2.58. The van der Waals surface area contributed by atoms with Gasteiger partial charge >= 0.3 is 5.97 Å². The van der Waals surface area contributed by atoms with Crippen LogP contribution in [0.2, 0.25) is 0 Å². The van der Waals surface area contributed by atoms with Gasteiger partial charge in [-0.15, -0.1) is 0 Å². The highest BCUT2D eigenvalue weighted by Crippen LogP contribution is 2.32. The molecule has 66 heavy (non-hydrogen) atoms. The first kappa shape index (κ1) is 54.1. The number of nitrogens with zero attached hydrogens (tertiary/aromatic N) is 4. The first-order valence-electron chi connectivity index (χ1n) is 23.3. The molecule has 4 rings (SSSR count). The molecule has 6 amide bonds. The molecule has 4 N–H and O–H groups in total. The lowest BCUT2D eigenvalue weighted by Crippen LogP contribution is -2.55. The third-order valence-corrected chi connectivity index (χ3v) is 14.4. The lowest BCUT2D eigenvalue weighted by atomic mass is 9.90. The minimum Gasteiger partial charge on any atom is -0.484 e. The number of carboxylic acid groups (broad SMARTS) is 1. The number of likely N-dealkylation sites (N-methyl/N-ethyl adjacent to an activating group) is 2. The number of carbonyl (C=O) groups is 7. The third-order valence-electron chi connectivity index (χ3n) is 13.3. The molecule has 2 heterocycles. The largest absolute Gasteiger partial charge is 0.484 e. The lowest BCUT2D eigenvalue weighted by Gasteiger charge is -2.39. The van der Waals surface area contributed by atoms with Crippen molar-refractivity contribution < 1.29 is 52.9 Å². The second-order valence-corrected chi connectivity index (χ2v) is 19.8. The Morgan fingerprint density at radius 3 is 2.12 bits per heavy atom. The Kier molecular flexibility index (Phi) is 21.0. The molecule has 0 radical (unpaired) electrons. The minimum atomic E-state index is -0.937. The van der Waals surface area contributed by atoms with Gasteiger partial charge in [-0.1, -0.05) is 53.2 Å². The van der Waals surface area contributed by atoms with Crippen molar-refractivity contribution >= 4 is 53.4 Å². The van der Waals surface area contributed by atoms with E-state index in [9.17, 15) is 38.7 Å². The van der Waals surface area contributed by atoms with Gasteiger partial charge in [0.1, 0.15) is 11.8 Å². The van der Waals surface area contributed by atoms with Crippen LogP contribution >= 0.6 is 11.9 Å². The molecule has 8 unspecified atom stereocenters.